The van der Waals surface area contributed by atoms with Crippen LogP contribution in [0.4, 0.5) is 0 Å². The summed E-state index contributed by atoms with van der Waals surface area (Å²) in [7, 11) is 1.63. The fraction of sp³-hybridized carbons (Fsp3) is 0.130. The van der Waals surface area contributed by atoms with E-state index in [4.69, 9.17) is 9.47 Å². The minimum atomic E-state index is -0.483. The molecule has 0 N–H and O–H groups in total. The van der Waals surface area contributed by atoms with Crippen molar-refractivity contribution >= 4 is 28.9 Å². The van der Waals surface area contributed by atoms with E-state index in [1.54, 1.807) is 31.0 Å². The number of esters is 1. The zero-order valence-electron chi connectivity index (χ0n) is 16.6. The van der Waals surface area contributed by atoms with Crippen LogP contribution in [0.5, 0.6) is 5.75 Å². The summed E-state index contributed by atoms with van der Waals surface area (Å²) in [5.74, 6) is 0.842. The van der Waals surface area contributed by atoms with E-state index >= 15 is 0 Å². The summed E-state index contributed by atoms with van der Waals surface area (Å²) >= 11 is 0. The first-order chi connectivity index (χ1) is 14.7. The minimum absolute atomic E-state index is 0.209. The summed E-state index contributed by atoms with van der Waals surface area (Å²) in [4.78, 5) is 12.3. The van der Waals surface area contributed by atoms with Crippen molar-refractivity contribution < 1.29 is 14.3 Å². The van der Waals surface area contributed by atoms with E-state index in [2.05, 4.69) is 15.3 Å². The Labute approximate surface area is 173 Å². The normalized spacial score (nSPS) is 11.1. The number of rotatable bonds is 6. The molecule has 4 rings (SSSR count). The number of ether oxygens (including phenoxy) is 2. The molecule has 7 nitrogen and oxygen atoms in total. The van der Waals surface area contributed by atoms with Gasteiger partial charge < -0.3 is 9.47 Å². The van der Waals surface area contributed by atoms with Crippen LogP contribution in [0.1, 0.15) is 28.7 Å². The van der Waals surface area contributed by atoms with Gasteiger partial charge in [-0.1, -0.05) is 42.5 Å². The van der Waals surface area contributed by atoms with Crippen molar-refractivity contribution in [2.45, 2.75) is 6.92 Å². The number of fused-ring (bicyclic) bond motifs is 1. The predicted molar refractivity (Wildman–Crippen MR) is 115 cm³/mol. The van der Waals surface area contributed by atoms with Gasteiger partial charge in [-0.25, -0.2) is 9.48 Å². The molecule has 150 valence electrons. The largest absolute Gasteiger partial charge is 0.497 e. The van der Waals surface area contributed by atoms with Crippen molar-refractivity contribution in [1.29, 1.82) is 0 Å². The zero-order chi connectivity index (χ0) is 20.9. The highest BCUT2D eigenvalue weighted by Gasteiger charge is 2.17. The lowest BCUT2D eigenvalue weighted by molar-refractivity contribution is 0.0519. The van der Waals surface area contributed by atoms with E-state index < -0.39 is 5.97 Å². The molecule has 30 heavy (non-hydrogen) atoms. The summed E-state index contributed by atoms with van der Waals surface area (Å²) in [5, 5.41) is 14.6. The van der Waals surface area contributed by atoms with Gasteiger partial charge in [0.2, 0.25) is 0 Å². The Hall–Kier alpha value is -4.00. The topological polar surface area (TPSA) is 79.1 Å². The molecule has 0 fully saturated rings. The van der Waals surface area contributed by atoms with Gasteiger partial charge in [-0.05, 0) is 36.8 Å². The van der Waals surface area contributed by atoms with E-state index in [1.807, 2.05) is 60.7 Å². The second-order valence-electron chi connectivity index (χ2n) is 6.45. The van der Waals surface area contributed by atoms with Crippen LogP contribution in [0.3, 0.4) is 0 Å². The summed E-state index contributed by atoms with van der Waals surface area (Å²) in [6.45, 7) is 2.03. The second-order valence-corrected chi connectivity index (χ2v) is 6.45. The van der Waals surface area contributed by atoms with Gasteiger partial charge in [-0.15, -0.1) is 5.10 Å². The minimum Gasteiger partial charge on any atom is -0.497 e. The lowest BCUT2D eigenvalue weighted by Crippen LogP contribution is -2.08. The van der Waals surface area contributed by atoms with Crippen LogP contribution < -0.4 is 4.74 Å². The number of benzene rings is 2. The van der Waals surface area contributed by atoms with Crippen molar-refractivity contribution in [2.24, 2.45) is 0 Å². The smallest absolute Gasteiger partial charge is 0.358 e. The van der Waals surface area contributed by atoms with Crippen LogP contribution in [-0.2, 0) is 4.74 Å². The lowest BCUT2D eigenvalue weighted by Gasteiger charge is -2.06. The number of hydrogen-bond acceptors (Lipinski definition) is 6. The van der Waals surface area contributed by atoms with E-state index in [1.165, 1.54) is 0 Å². The highest BCUT2D eigenvalue weighted by Crippen LogP contribution is 2.22. The Balaban J connectivity index is 1.80. The van der Waals surface area contributed by atoms with Crippen LogP contribution in [0.25, 0.3) is 28.7 Å². The SMILES string of the molecule is CCOC(=O)c1cc(C=Cc2ccc(OC)cc2)n(-c2nncc3ccccc23)n1. The number of aromatic nitrogens is 4. The van der Waals surface area contributed by atoms with Crippen LogP contribution in [0.15, 0.2) is 60.8 Å². The lowest BCUT2D eigenvalue weighted by atomic mass is 10.2. The highest BCUT2D eigenvalue weighted by atomic mass is 16.5. The summed E-state index contributed by atoms with van der Waals surface area (Å²) in [5.41, 5.74) is 1.87. The molecule has 2 heterocycles. The summed E-state index contributed by atoms with van der Waals surface area (Å²) in [6.07, 6.45) is 5.50. The van der Waals surface area contributed by atoms with Gasteiger partial charge in [-0.2, -0.15) is 10.2 Å². The Morgan fingerprint density at radius 3 is 2.67 bits per heavy atom. The Morgan fingerprint density at radius 2 is 1.90 bits per heavy atom. The molecule has 0 unspecified atom stereocenters. The molecule has 0 atom stereocenters. The van der Waals surface area contributed by atoms with Crippen LogP contribution in [0, 0.1) is 0 Å². The Morgan fingerprint density at radius 1 is 1.10 bits per heavy atom. The standard InChI is InChI=1S/C23H20N4O3/c1-3-30-23(28)21-14-18(11-8-16-9-12-19(29-2)13-10-16)27(26-21)22-20-7-5-4-6-17(20)15-24-25-22/h4-15H,3H2,1-2H3. The number of nitrogens with zero attached hydrogens (tertiary/aromatic N) is 4. The molecule has 0 bridgehead atoms. The second kappa shape index (κ2) is 8.57. The molecular formula is C23H20N4O3. The van der Waals surface area contributed by atoms with Crippen molar-refractivity contribution in [2.75, 3.05) is 13.7 Å². The molecule has 0 aliphatic rings. The van der Waals surface area contributed by atoms with Gasteiger partial charge in [0.1, 0.15) is 5.75 Å². The molecule has 0 saturated heterocycles. The maximum Gasteiger partial charge on any atom is 0.358 e. The van der Waals surface area contributed by atoms with Crippen molar-refractivity contribution in [3.8, 4) is 11.6 Å². The highest BCUT2D eigenvalue weighted by molar-refractivity contribution is 5.90. The third-order valence-electron chi connectivity index (χ3n) is 4.54. The van der Waals surface area contributed by atoms with E-state index in [-0.39, 0.29) is 12.3 Å². The third-order valence-corrected chi connectivity index (χ3v) is 4.54. The van der Waals surface area contributed by atoms with Gasteiger partial charge in [0.15, 0.2) is 11.5 Å². The molecule has 0 amide bonds. The van der Waals surface area contributed by atoms with Gasteiger partial charge in [-0.3, -0.25) is 0 Å². The molecule has 7 heteroatoms. The van der Waals surface area contributed by atoms with Crippen molar-refractivity contribution in [1.82, 2.24) is 20.0 Å². The molecule has 0 aliphatic heterocycles. The van der Waals surface area contributed by atoms with Gasteiger partial charge in [0.05, 0.1) is 25.6 Å². The molecular weight excluding hydrogens is 380 g/mol. The monoisotopic (exact) mass is 400 g/mol. The molecule has 2 aromatic carbocycles. The zero-order valence-corrected chi connectivity index (χ0v) is 16.6. The van der Waals surface area contributed by atoms with E-state index in [0.717, 1.165) is 22.1 Å². The Bertz CT molecular complexity index is 1210. The fourth-order valence-corrected chi connectivity index (χ4v) is 3.05. The van der Waals surface area contributed by atoms with Gasteiger partial charge >= 0.3 is 5.97 Å². The van der Waals surface area contributed by atoms with Crippen LogP contribution in [-0.4, -0.2) is 39.7 Å². The first-order valence-corrected chi connectivity index (χ1v) is 9.49. The maximum atomic E-state index is 12.3. The van der Waals surface area contributed by atoms with E-state index in [9.17, 15) is 4.79 Å². The Kier molecular flexibility index (Phi) is 5.52. The molecule has 0 spiro atoms. The van der Waals surface area contributed by atoms with Gasteiger partial charge in [0.25, 0.3) is 0 Å². The fourth-order valence-electron chi connectivity index (χ4n) is 3.05. The molecule has 0 saturated carbocycles. The first kappa shape index (κ1) is 19.3. The number of methoxy groups -OCH3 is 1. The van der Waals surface area contributed by atoms with Crippen LogP contribution >= 0.6 is 0 Å². The van der Waals surface area contributed by atoms with Crippen molar-refractivity contribution in [3.05, 3.63) is 77.7 Å². The average Bonchev–Trinajstić information content (AvgIpc) is 3.22. The quantitative estimate of drug-likeness (QED) is 0.452. The van der Waals surface area contributed by atoms with Gasteiger partial charge in [0, 0.05) is 10.8 Å². The summed E-state index contributed by atoms with van der Waals surface area (Å²) < 4.78 is 11.9. The number of carbonyl (C=O) groups is 1. The third kappa shape index (κ3) is 3.91. The van der Waals surface area contributed by atoms with E-state index in [0.29, 0.717) is 11.5 Å². The number of hydrogen-bond donors (Lipinski definition) is 0. The maximum absolute atomic E-state index is 12.3. The molecule has 0 radical (unpaired) electrons. The molecule has 0 aliphatic carbocycles. The average molecular weight is 400 g/mol. The van der Waals surface area contributed by atoms with Crippen molar-refractivity contribution in [3.63, 3.8) is 0 Å². The summed E-state index contributed by atoms with van der Waals surface area (Å²) in [6, 6.07) is 17.1. The molecule has 2 aromatic heterocycles. The number of carbonyl (C=O) groups excluding carboxylic acids is 1. The predicted octanol–water partition coefficient (Wildman–Crippen LogP) is 4.17. The molecule has 4 aromatic rings. The van der Waals surface area contributed by atoms with Crippen LogP contribution in [0.2, 0.25) is 0 Å². The first-order valence-electron chi connectivity index (χ1n) is 9.49.